The molecular weight excluding hydrogens is 384 g/mol. The molecule has 0 N–H and O–H groups in total. The van der Waals surface area contributed by atoms with Gasteiger partial charge in [-0.3, -0.25) is 0 Å². The van der Waals surface area contributed by atoms with E-state index in [0.29, 0.717) is 5.56 Å². The highest BCUT2D eigenvalue weighted by Crippen LogP contribution is 2.60. The Morgan fingerprint density at radius 2 is 1.48 bits per heavy atom. The smallest absolute Gasteiger partial charge is 0.350 e. The largest absolute Gasteiger partial charge is 0.468 e. The van der Waals surface area contributed by atoms with Crippen LogP contribution in [0.15, 0.2) is 41.9 Å². The summed E-state index contributed by atoms with van der Waals surface area (Å²) >= 11 is 0. The maximum atomic E-state index is 12.9. The van der Waals surface area contributed by atoms with Crippen molar-refractivity contribution in [2.24, 2.45) is 5.92 Å². The van der Waals surface area contributed by atoms with Crippen LogP contribution in [0.5, 0.6) is 0 Å². The number of rotatable bonds is 5. The molecule has 2 aliphatic rings. The molecule has 0 saturated carbocycles. The van der Waals surface area contributed by atoms with Gasteiger partial charge >= 0.3 is 17.9 Å². The highest BCUT2D eigenvalue weighted by atomic mass is 16.8. The SMILES string of the molecule is COC(=O)C1=C(OC)OC2(C)OC(C(=O)OC)(C(=O)OC)C(c3ccccc3)C12. The van der Waals surface area contributed by atoms with Crippen LogP contribution < -0.4 is 0 Å². The minimum Gasteiger partial charge on any atom is -0.468 e. The van der Waals surface area contributed by atoms with Crippen molar-refractivity contribution in [3.63, 3.8) is 0 Å². The second-order valence-electron chi connectivity index (χ2n) is 6.70. The summed E-state index contributed by atoms with van der Waals surface area (Å²) in [5.74, 6) is -6.32. The van der Waals surface area contributed by atoms with Gasteiger partial charge in [-0.2, -0.15) is 0 Å². The standard InChI is InChI=1S/C20H22O9/c1-19-14(12(15(21)24-2)16(25-3)28-19)13(11-9-7-6-8-10-11)20(29-19,17(22)26-4)18(23)27-5/h6-10,13-14H,1-5H3. The Hall–Kier alpha value is -3.07. The molecule has 29 heavy (non-hydrogen) atoms. The van der Waals surface area contributed by atoms with Crippen LogP contribution in [0.4, 0.5) is 0 Å². The third-order valence-corrected chi connectivity index (χ3v) is 5.25. The monoisotopic (exact) mass is 406 g/mol. The molecule has 9 nitrogen and oxygen atoms in total. The fourth-order valence-corrected chi connectivity index (χ4v) is 4.15. The van der Waals surface area contributed by atoms with Gasteiger partial charge in [-0.05, 0) is 5.56 Å². The van der Waals surface area contributed by atoms with Crippen molar-refractivity contribution in [1.82, 2.24) is 0 Å². The lowest BCUT2D eigenvalue weighted by Crippen LogP contribution is -2.53. The van der Waals surface area contributed by atoms with Crippen LogP contribution in [0.25, 0.3) is 0 Å². The molecular formula is C20H22O9. The molecule has 3 rings (SSSR count). The Balaban J connectivity index is 2.32. The molecule has 0 bridgehead atoms. The Labute approximate surface area is 167 Å². The van der Waals surface area contributed by atoms with Crippen LogP contribution in [0.1, 0.15) is 18.4 Å². The third kappa shape index (κ3) is 2.84. The molecule has 1 fully saturated rings. The maximum absolute atomic E-state index is 12.9. The van der Waals surface area contributed by atoms with Gasteiger partial charge in [0.25, 0.3) is 11.5 Å². The number of hydrogen-bond donors (Lipinski definition) is 0. The van der Waals surface area contributed by atoms with Crippen molar-refractivity contribution in [1.29, 1.82) is 0 Å². The Morgan fingerprint density at radius 1 is 0.897 bits per heavy atom. The summed E-state index contributed by atoms with van der Waals surface area (Å²) < 4.78 is 31.7. The van der Waals surface area contributed by atoms with E-state index < -0.39 is 41.1 Å². The van der Waals surface area contributed by atoms with E-state index in [1.165, 1.54) is 21.1 Å². The van der Waals surface area contributed by atoms with E-state index in [9.17, 15) is 14.4 Å². The van der Waals surface area contributed by atoms with Crippen molar-refractivity contribution in [2.75, 3.05) is 28.4 Å². The van der Waals surface area contributed by atoms with Crippen molar-refractivity contribution < 1.29 is 42.8 Å². The zero-order chi connectivity index (χ0) is 21.4. The van der Waals surface area contributed by atoms with Crippen molar-refractivity contribution in [2.45, 2.75) is 24.2 Å². The van der Waals surface area contributed by atoms with Gasteiger partial charge in [-0.15, -0.1) is 0 Å². The molecule has 1 aromatic rings. The number of ether oxygens (including phenoxy) is 6. The summed E-state index contributed by atoms with van der Waals surface area (Å²) in [7, 11) is 4.80. The predicted molar refractivity (Wildman–Crippen MR) is 96.1 cm³/mol. The van der Waals surface area contributed by atoms with Gasteiger partial charge in [-0.1, -0.05) is 30.3 Å². The molecule has 0 aromatic heterocycles. The van der Waals surface area contributed by atoms with Crippen LogP contribution in [0.2, 0.25) is 0 Å². The van der Waals surface area contributed by atoms with Gasteiger partial charge in [0.2, 0.25) is 5.79 Å². The topological polar surface area (TPSA) is 107 Å². The van der Waals surface area contributed by atoms with Gasteiger partial charge in [0.15, 0.2) is 0 Å². The van der Waals surface area contributed by atoms with Crippen LogP contribution in [-0.2, 0) is 42.8 Å². The van der Waals surface area contributed by atoms with E-state index in [0.717, 1.165) is 14.2 Å². The number of carbonyl (C=O) groups is 3. The normalized spacial score (nSPS) is 26.9. The van der Waals surface area contributed by atoms with Crippen LogP contribution >= 0.6 is 0 Å². The van der Waals surface area contributed by atoms with E-state index in [1.54, 1.807) is 30.3 Å². The lowest BCUT2D eigenvalue weighted by molar-refractivity contribution is -0.245. The Kier molecular flexibility index (Phi) is 5.27. The summed E-state index contributed by atoms with van der Waals surface area (Å²) in [5.41, 5.74) is -1.65. The number of benzene rings is 1. The molecule has 0 aliphatic carbocycles. The highest BCUT2D eigenvalue weighted by molar-refractivity contribution is 6.06. The zero-order valence-electron chi connectivity index (χ0n) is 16.7. The van der Waals surface area contributed by atoms with Crippen LogP contribution in [-0.4, -0.2) is 57.7 Å². The van der Waals surface area contributed by atoms with E-state index in [1.807, 2.05) is 0 Å². The van der Waals surface area contributed by atoms with Gasteiger partial charge in [0.1, 0.15) is 5.57 Å². The molecule has 156 valence electrons. The van der Waals surface area contributed by atoms with E-state index in [2.05, 4.69) is 0 Å². The summed E-state index contributed by atoms with van der Waals surface area (Å²) in [6.45, 7) is 1.51. The fourth-order valence-electron chi connectivity index (χ4n) is 4.15. The first kappa shape index (κ1) is 20.7. The lowest BCUT2D eigenvalue weighted by Gasteiger charge is -2.31. The summed E-state index contributed by atoms with van der Waals surface area (Å²) in [5, 5.41) is 0. The molecule has 2 heterocycles. The highest BCUT2D eigenvalue weighted by Gasteiger charge is 2.75. The second kappa shape index (κ2) is 7.40. The first-order chi connectivity index (χ1) is 13.8. The number of esters is 3. The van der Waals surface area contributed by atoms with Crippen LogP contribution in [0, 0.1) is 5.92 Å². The Morgan fingerprint density at radius 3 is 1.97 bits per heavy atom. The molecule has 0 amide bonds. The number of carbonyl (C=O) groups excluding carboxylic acids is 3. The van der Waals surface area contributed by atoms with E-state index in [-0.39, 0.29) is 11.5 Å². The maximum Gasteiger partial charge on any atom is 0.350 e. The third-order valence-electron chi connectivity index (χ3n) is 5.25. The zero-order valence-corrected chi connectivity index (χ0v) is 16.7. The van der Waals surface area contributed by atoms with Crippen molar-refractivity contribution in [3.8, 4) is 0 Å². The fraction of sp³-hybridized carbons (Fsp3) is 0.450. The van der Waals surface area contributed by atoms with Gasteiger partial charge in [-0.25, -0.2) is 14.4 Å². The van der Waals surface area contributed by atoms with E-state index in [4.69, 9.17) is 28.4 Å². The van der Waals surface area contributed by atoms with Crippen LogP contribution in [0.3, 0.4) is 0 Å². The number of fused-ring (bicyclic) bond motifs is 1. The number of hydrogen-bond acceptors (Lipinski definition) is 9. The van der Waals surface area contributed by atoms with Gasteiger partial charge < -0.3 is 28.4 Å². The first-order valence-electron chi connectivity index (χ1n) is 8.78. The molecule has 1 saturated heterocycles. The molecule has 0 spiro atoms. The molecule has 1 aromatic carbocycles. The minimum absolute atomic E-state index is 0.0148. The Bertz CT molecular complexity index is 844. The summed E-state index contributed by atoms with van der Waals surface area (Å²) in [6.07, 6.45) is 0. The predicted octanol–water partition coefficient (Wildman–Crippen LogP) is 1.28. The molecule has 3 atom stereocenters. The quantitative estimate of drug-likeness (QED) is 0.406. The summed E-state index contributed by atoms with van der Waals surface area (Å²) in [4.78, 5) is 38.5. The van der Waals surface area contributed by atoms with Gasteiger partial charge in [0, 0.05) is 12.8 Å². The summed E-state index contributed by atoms with van der Waals surface area (Å²) in [6, 6.07) is 8.66. The molecule has 2 aliphatic heterocycles. The molecule has 3 unspecified atom stereocenters. The average Bonchev–Trinajstić information content (AvgIpc) is 3.18. The lowest BCUT2D eigenvalue weighted by atomic mass is 9.71. The number of methoxy groups -OCH3 is 4. The van der Waals surface area contributed by atoms with Crippen molar-refractivity contribution >= 4 is 17.9 Å². The second-order valence-corrected chi connectivity index (χ2v) is 6.70. The molecule has 9 heteroatoms. The van der Waals surface area contributed by atoms with Gasteiger partial charge in [0.05, 0.1) is 34.4 Å². The average molecular weight is 406 g/mol. The molecule has 0 radical (unpaired) electrons. The first-order valence-corrected chi connectivity index (χ1v) is 8.78. The minimum atomic E-state index is -2.21. The van der Waals surface area contributed by atoms with E-state index >= 15 is 0 Å². The van der Waals surface area contributed by atoms with Crippen molar-refractivity contribution in [3.05, 3.63) is 47.4 Å².